The molecular weight excluding hydrogens is 819 g/mol. The van der Waals surface area contributed by atoms with Crippen molar-refractivity contribution in [1.29, 1.82) is 0 Å². The number of amides is 1. The number of H-pyrrole nitrogens is 1. The molecule has 19 heteroatoms. The van der Waals surface area contributed by atoms with Gasteiger partial charge in [0.25, 0.3) is 0 Å². The lowest BCUT2D eigenvalue weighted by Gasteiger charge is -2.24. The lowest BCUT2D eigenvalue weighted by molar-refractivity contribution is -0.138. The standard InChI is InChI=1S/C24H26F3N5O2.C15H11F3N4.C4H9NO/c1-23(2,3)34-22(33)31-13-12-19(15-31)32-29-21(28-30-32)20-7-5-4-6-17(20)14-16-8-10-18(11-9-16)24(25,26)27;16-15(17,18)12-7-5-10(6-8-12)9-11-3-1-2-4-13(11)14-19-21-22-20-14;6-4-1-2-5-3-4/h4-11,19H,12-15H2,1-3H3;1-8H,9H2,(H,19,20,21,22);4-6H,1-3H2. The van der Waals surface area contributed by atoms with Crippen LogP contribution < -0.4 is 5.32 Å². The van der Waals surface area contributed by atoms with Gasteiger partial charge in [0, 0.05) is 30.8 Å². The van der Waals surface area contributed by atoms with E-state index in [1.54, 1.807) is 4.90 Å². The molecule has 8 rings (SSSR count). The van der Waals surface area contributed by atoms with Gasteiger partial charge in [-0.25, -0.2) is 4.79 Å². The maximum absolute atomic E-state index is 12.8. The second kappa shape index (κ2) is 19.7. The molecule has 4 aromatic carbocycles. The molecule has 4 heterocycles. The molecule has 2 aromatic heterocycles. The number of aromatic nitrogens is 8. The molecule has 3 N–H and O–H groups in total. The molecule has 13 nitrogen and oxygen atoms in total. The molecule has 328 valence electrons. The Labute approximate surface area is 353 Å². The van der Waals surface area contributed by atoms with E-state index < -0.39 is 29.1 Å². The summed E-state index contributed by atoms with van der Waals surface area (Å²) in [6, 6.07) is 25.1. The van der Waals surface area contributed by atoms with E-state index in [1.807, 2.05) is 69.3 Å². The normalized spacial score (nSPS) is 16.6. The molecule has 2 fully saturated rings. The topological polar surface area (TPSA) is 160 Å². The summed E-state index contributed by atoms with van der Waals surface area (Å²) in [6.45, 7) is 8.23. The molecular formula is C43H46F6N10O3. The van der Waals surface area contributed by atoms with Gasteiger partial charge in [-0.05, 0) is 110 Å². The number of rotatable bonds is 7. The number of nitrogens with one attached hydrogen (secondary N) is 2. The van der Waals surface area contributed by atoms with Crippen molar-refractivity contribution in [3.05, 3.63) is 130 Å². The van der Waals surface area contributed by atoms with E-state index in [2.05, 4.69) is 41.4 Å². The molecule has 2 unspecified atom stereocenters. The van der Waals surface area contributed by atoms with E-state index in [0.717, 1.165) is 77.2 Å². The molecule has 6 aromatic rings. The van der Waals surface area contributed by atoms with Crippen LogP contribution in [-0.4, -0.2) is 94.8 Å². The summed E-state index contributed by atoms with van der Waals surface area (Å²) < 4.78 is 81.7. The number of aliphatic hydroxyl groups is 1. The molecule has 0 spiro atoms. The number of hydrogen-bond acceptors (Lipinski definition) is 10. The van der Waals surface area contributed by atoms with E-state index in [4.69, 9.17) is 9.84 Å². The van der Waals surface area contributed by atoms with E-state index in [1.165, 1.54) is 29.1 Å². The van der Waals surface area contributed by atoms with Crippen LogP contribution in [0.15, 0.2) is 97.1 Å². The van der Waals surface area contributed by atoms with Gasteiger partial charge in [-0.15, -0.1) is 20.4 Å². The van der Waals surface area contributed by atoms with E-state index in [9.17, 15) is 31.1 Å². The van der Waals surface area contributed by atoms with Gasteiger partial charge in [0.15, 0.2) is 0 Å². The molecule has 2 atom stereocenters. The number of halogens is 6. The van der Waals surface area contributed by atoms with Crippen LogP contribution in [-0.2, 0) is 29.9 Å². The number of aliphatic hydroxyl groups excluding tert-OH is 1. The Morgan fingerprint density at radius 2 is 1.31 bits per heavy atom. The van der Waals surface area contributed by atoms with Crippen molar-refractivity contribution in [3.63, 3.8) is 0 Å². The molecule has 62 heavy (non-hydrogen) atoms. The maximum atomic E-state index is 12.8. The minimum Gasteiger partial charge on any atom is -0.444 e. The van der Waals surface area contributed by atoms with E-state index in [0.29, 0.717) is 44.0 Å². The lowest BCUT2D eigenvalue weighted by atomic mass is 9.98. The summed E-state index contributed by atoms with van der Waals surface area (Å²) in [4.78, 5) is 15.5. The second-order valence-corrected chi connectivity index (χ2v) is 15.7. The molecule has 0 aliphatic carbocycles. The quantitative estimate of drug-likeness (QED) is 0.135. The van der Waals surface area contributed by atoms with Gasteiger partial charge >= 0.3 is 18.4 Å². The average molecular weight is 865 g/mol. The van der Waals surface area contributed by atoms with Gasteiger partial charge in [-0.1, -0.05) is 72.8 Å². The van der Waals surface area contributed by atoms with Crippen molar-refractivity contribution in [2.45, 2.75) is 76.6 Å². The van der Waals surface area contributed by atoms with Crippen LogP contribution in [0.25, 0.3) is 22.8 Å². The van der Waals surface area contributed by atoms with Crippen LogP contribution in [0.5, 0.6) is 0 Å². The lowest BCUT2D eigenvalue weighted by Crippen LogP contribution is -2.35. The molecule has 1 amide bonds. The fourth-order valence-corrected chi connectivity index (χ4v) is 6.67. The SMILES string of the molecule is CC(C)(C)OC(=O)N1CCC(n2nnc(-c3ccccc3Cc3ccc(C(F)(F)F)cc3)n2)C1.FC(F)(F)c1ccc(Cc2ccccc2-c2nn[nH]n2)cc1.OC1CCNC1. The highest BCUT2D eigenvalue weighted by Gasteiger charge is 2.33. The Bertz CT molecular complexity index is 2340. The maximum Gasteiger partial charge on any atom is 0.416 e. The van der Waals surface area contributed by atoms with Gasteiger partial charge < -0.3 is 20.1 Å². The second-order valence-electron chi connectivity index (χ2n) is 15.7. The van der Waals surface area contributed by atoms with Crippen LogP contribution in [0.3, 0.4) is 0 Å². The number of ether oxygens (including phenoxy) is 1. The number of hydrogen-bond donors (Lipinski definition) is 3. The first-order valence-electron chi connectivity index (χ1n) is 19.8. The molecule has 2 aliphatic rings. The zero-order valence-electron chi connectivity index (χ0n) is 34.2. The van der Waals surface area contributed by atoms with Gasteiger partial charge in [0.05, 0.1) is 23.3 Å². The van der Waals surface area contributed by atoms with Gasteiger partial charge in [-0.2, -0.15) is 36.4 Å². The average Bonchev–Trinajstić information content (AvgIpc) is 4.07. The van der Waals surface area contributed by atoms with Crippen molar-refractivity contribution >= 4 is 6.09 Å². The largest absolute Gasteiger partial charge is 0.444 e. The third-order valence-corrected chi connectivity index (χ3v) is 9.82. The number of alkyl halides is 6. The highest BCUT2D eigenvalue weighted by Crippen LogP contribution is 2.32. The minimum absolute atomic E-state index is 0.0648. The first-order valence-corrected chi connectivity index (χ1v) is 19.8. The summed E-state index contributed by atoms with van der Waals surface area (Å²) in [5.41, 5.74) is 3.00. The van der Waals surface area contributed by atoms with Crippen LogP contribution in [0.2, 0.25) is 0 Å². The minimum atomic E-state index is -4.36. The zero-order chi connectivity index (χ0) is 44.5. The Balaban J connectivity index is 0.000000194. The molecule has 0 radical (unpaired) electrons. The fraction of sp³-hybridized carbons (Fsp3) is 0.372. The number of benzene rings is 4. The molecule has 2 saturated heterocycles. The first kappa shape index (κ1) is 45.3. The number of nitrogens with zero attached hydrogens (tertiary/aromatic N) is 8. The number of carbonyl (C=O) groups excluding carboxylic acids is 1. The highest BCUT2D eigenvalue weighted by molar-refractivity contribution is 5.68. The Hall–Kier alpha value is -6.21. The van der Waals surface area contributed by atoms with Crippen molar-refractivity contribution in [2.75, 3.05) is 26.2 Å². The predicted molar refractivity (Wildman–Crippen MR) is 216 cm³/mol. The van der Waals surface area contributed by atoms with Gasteiger partial charge in [0.1, 0.15) is 5.60 Å². The van der Waals surface area contributed by atoms with Crippen LogP contribution in [0.1, 0.15) is 73.0 Å². The molecule has 0 saturated carbocycles. The van der Waals surface area contributed by atoms with Crippen LogP contribution in [0.4, 0.5) is 31.1 Å². The first-order chi connectivity index (χ1) is 29.4. The van der Waals surface area contributed by atoms with Crippen molar-refractivity contribution in [3.8, 4) is 22.8 Å². The Morgan fingerprint density at radius 1 is 0.758 bits per heavy atom. The molecule has 0 bridgehead atoms. The van der Waals surface area contributed by atoms with E-state index in [-0.39, 0.29) is 18.2 Å². The van der Waals surface area contributed by atoms with Gasteiger partial charge in [0.2, 0.25) is 11.6 Å². The summed E-state index contributed by atoms with van der Waals surface area (Å²) in [7, 11) is 0. The summed E-state index contributed by atoms with van der Waals surface area (Å²) in [5, 5.41) is 38.4. The predicted octanol–water partition coefficient (Wildman–Crippen LogP) is 7.95. The zero-order valence-corrected chi connectivity index (χ0v) is 34.2. The number of tetrazole rings is 2. The number of carbonyl (C=O) groups is 1. The summed E-state index contributed by atoms with van der Waals surface area (Å²) >= 11 is 0. The smallest absolute Gasteiger partial charge is 0.416 e. The summed E-state index contributed by atoms with van der Waals surface area (Å²) in [5.74, 6) is 0.890. The van der Waals surface area contributed by atoms with Crippen molar-refractivity contribution in [2.24, 2.45) is 0 Å². The monoisotopic (exact) mass is 864 g/mol. The number of β-amino-alcohol motifs (C(OH)–C–C–N with tert-alkyl or cyclic N) is 1. The fourth-order valence-electron chi connectivity index (χ4n) is 6.67. The van der Waals surface area contributed by atoms with Gasteiger partial charge in [-0.3, -0.25) is 0 Å². The Kier molecular flexibility index (Phi) is 14.4. The van der Waals surface area contributed by atoms with Crippen LogP contribution in [0, 0.1) is 0 Å². The number of aromatic amines is 1. The number of likely N-dealkylation sites (tertiary alicyclic amines) is 1. The third-order valence-electron chi connectivity index (χ3n) is 9.82. The Morgan fingerprint density at radius 3 is 1.76 bits per heavy atom. The summed E-state index contributed by atoms with van der Waals surface area (Å²) in [6.07, 6.45) is -6.58. The van der Waals surface area contributed by atoms with Crippen molar-refractivity contribution < 1.29 is 41.0 Å². The van der Waals surface area contributed by atoms with Crippen molar-refractivity contribution in [1.82, 2.24) is 51.0 Å². The highest BCUT2D eigenvalue weighted by atomic mass is 19.4. The van der Waals surface area contributed by atoms with E-state index >= 15 is 0 Å². The molecule has 2 aliphatic heterocycles. The third kappa shape index (κ3) is 12.7. The van der Waals surface area contributed by atoms with Crippen LogP contribution >= 0.6 is 0 Å².